The van der Waals surface area contributed by atoms with Gasteiger partial charge in [-0.25, -0.2) is 4.79 Å². The van der Waals surface area contributed by atoms with Gasteiger partial charge in [-0.1, -0.05) is 13.8 Å². The summed E-state index contributed by atoms with van der Waals surface area (Å²) in [6.07, 6.45) is 3.89. The molecule has 1 aliphatic heterocycles. The van der Waals surface area contributed by atoms with E-state index < -0.39 is 0 Å². The second-order valence-electron chi connectivity index (χ2n) is 5.86. The van der Waals surface area contributed by atoms with E-state index in [0.717, 1.165) is 38.8 Å². The highest BCUT2D eigenvalue weighted by Gasteiger charge is 2.26. The quantitative estimate of drug-likeness (QED) is 0.741. The van der Waals surface area contributed by atoms with Crippen LogP contribution < -0.4 is 5.32 Å². The maximum atomic E-state index is 11.9. The number of aliphatic hydroxyl groups is 1. The molecule has 4 nitrogen and oxygen atoms in total. The van der Waals surface area contributed by atoms with Gasteiger partial charge in [-0.15, -0.1) is 0 Å². The summed E-state index contributed by atoms with van der Waals surface area (Å²) in [5.41, 5.74) is 0. The van der Waals surface area contributed by atoms with Crippen LogP contribution in [-0.2, 0) is 0 Å². The predicted octanol–water partition coefficient (Wildman–Crippen LogP) is 2.23. The molecule has 2 unspecified atom stereocenters. The minimum absolute atomic E-state index is 0.0316. The Morgan fingerprint density at radius 1 is 1.44 bits per heavy atom. The molecule has 1 fully saturated rings. The Morgan fingerprint density at radius 3 is 2.78 bits per heavy atom. The Morgan fingerprint density at radius 2 is 2.17 bits per heavy atom. The zero-order chi connectivity index (χ0) is 13.5. The number of hydrogen-bond donors (Lipinski definition) is 2. The average Bonchev–Trinajstić information content (AvgIpc) is 2.34. The van der Waals surface area contributed by atoms with Crippen LogP contribution in [0.15, 0.2) is 0 Å². The van der Waals surface area contributed by atoms with Gasteiger partial charge in [0.15, 0.2) is 0 Å². The van der Waals surface area contributed by atoms with Gasteiger partial charge < -0.3 is 15.3 Å². The molecular formula is C14H28N2O2. The molecule has 1 saturated heterocycles. The molecule has 0 aromatic carbocycles. The fourth-order valence-corrected chi connectivity index (χ4v) is 2.41. The van der Waals surface area contributed by atoms with Crippen molar-refractivity contribution in [2.24, 2.45) is 11.8 Å². The molecule has 2 amide bonds. The third kappa shape index (κ3) is 5.25. The van der Waals surface area contributed by atoms with E-state index >= 15 is 0 Å². The van der Waals surface area contributed by atoms with E-state index in [2.05, 4.69) is 19.2 Å². The van der Waals surface area contributed by atoms with E-state index in [1.165, 1.54) is 0 Å². The monoisotopic (exact) mass is 256 g/mol. The van der Waals surface area contributed by atoms with Crippen molar-refractivity contribution in [2.45, 2.75) is 52.6 Å². The lowest BCUT2D eigenvalue weighted by Crippen LogP contribution is -2.47. The van der Waals surface area contributed by atoms with Gasteiger partial charge >= 0.3 is 6.03 Å². The molecule has 0 aromatic rings. The van der Waals surface area contributed by atoms with E-state index in [-0.39, 0.29) is 18.1 Å². The first-order chi connectivity index (χ1) is 8.50. The summed E-state index contributed by atoms with van der Waals surface area (Å²) < 4.78 is 0. The first kappa shape index (κ1) is 15.3. The number of carbonyl (C=O) groups excluding carboxylic acids is 1. The van der Waals surface area contributed by atoms with Crippen LogP contribution in [0.2, 0.25) is 0 Å². The molecular weight excluding hydrogens is 228 g/mol. The number of amides is 2. The van der Waals surface area contributed by atoms with Gasteiger partial charge in [0.1, 0.15) is 0 Å². The first-order valence-electron chi connectivity index (χ1n) is 7.21. The molecule has 0 radical (unpaired) electrons. The van der Waals surface area contributed by atoms with E-state index in [1.807, 2.05) is 11.8 Å². The molecule has 0 saturated carbocycles. The molecule has 1 heterocycles. The van der Waals surface area contributed by atoms with Crippen molar-refractivity contribution >= 4 is 6.03 Å². The van der Waals surface area contributed by atoms with Crippen molar-refractivity contribution in [2.75, 3.05) is 19.6 Å². The van der Waals surface area contributed by atoms with Gasteiger partial charge in [-0.3, -0.25) is 0 Å². The first-order valence-corrected chi connectivity index (χ1v) is 7.21. The fourth-order valence-electron chi connectivity index (χ4n) is 2.41. The number of aliphatic hydroxyl groups excluding tert-OH is 1. The highest BCUT2D eigenvalue weighted by molar-refractivity contribution is 5.74. The maximum Gasteiger partial charge on any atom is 0.317 e. The lowest BCUT2D eigenvalue weighted by atomic mass is 9.94. The minimum atomic E-state index is -0.318. The number of likely N-dealkylation sites (tertiary alicyclic amines) is 1. The van der Waals surface area contributed by atoms with Crippen molar-refractivity contribution in [1.29, 1.82) is 0 Å². The summed E-state index contributed by atoms with van der Waals surface area (Å²) in [5, 5.41) is 12.6. The van der Waals surface area contributed by atoms with Crippen LogP contribution in [0.5, 0.6) is 0 Å². The summed E-state index contributed by atoms with van der Waals surface area (Å²) in [7, 11) is 0. The Kier molecular flexibility index (Phi) is 6.47. The zero-order valence-electron chi connectivity index (χ0n) is 12.0. The van der Waals surface area contributed by atoms with Crippen LogP contribution >= 0.6 is 0 Å². The minimum Gasteiger partial charge on any atom is -0.393 e. The summed E-state index contributed by atoms with van der Waals surface area (Å²) in [6, 6.07) is 0.0316. The summed E-state index contributed by atoms with van der Waals surface area (Å²) in [6.45, 7) is 8.47. The van der Waals surface area contributed by atoms with Crippen LogP contribution in [0.3, 0.4) is 0 Å². The Balaban J connectivity index is 2.24. The van der Waals surface area contributed by atoms with Crippen LogP contribution in [0.25, 0.3) is 0 Å². The second-order valence-corrected chi connectivity index (χ2v) is 5.86. The van der Waals surface area contributed by atoms with Gasteiger partial charge in [-0.2, -0.15) is 0 Å². The standard InChI is InChI=1S/C14H28N2O2/c1-11(2)6-4-8-15-14(18)16-9-5-7-13(10-16)12(3)17/h11-13,17H,4-10H2,1-3H3,(H,15,18). The van der Waals surface area contributed by atoms with E-state index in [1.54, 1.807) is 0 Å². The normalized spacial score (nSPS) is 22.1. The lowest BCUT2D eigenvalue weighted by molar-refractivity contribution is 0.0739. The predicted molar refractivity (Wildman–Crippen MR) is 73.4 cm³/mol. The van der Waals surface area contributed by atoms with Crippen molar-refractivity contribution in [3.8, 4) is 0 Å². The molecule has 1 aliphatic rings. The topological polar surface area (TPSA) is 52.6 Å². The van der Waals surface area contributed by atoms with Crippen molar-refractivity contribution in [3.05, 3.63) is 0 Å². The third-order valence-corrected chi connectivity index (χ3v) is 3.66. The van der Waals surface area contributed by atoms with Crippen LogP contribution in [0.4, 0.5) is 4.79 Å². The van der Waals surface area contributed by atoms with Crippen molar-refractivity contribution < 1.29 is 9.90 Å². The molecule has 18 heavy (non-hydrogen) atoms. The largest absolute Gasteiger partial charge is 0.393 e. The third-order valence-electron chi connectivity index (χ3n) is 3.66. The molecule has 2 atom stereocenters. The molecule has 106 valence electrons. The van der Waals surface area contributed by atoms with Gasteiger partial charge in [-0.05, 0) is 38.5 Å². The van der Waals surface area contributed by atoms with Gasteiger partial charge in [0.05, 0.1) is 6.10 Å². The van der Waals surface area contributed by atoms with Crippen molar-refractivity contribution in [3.63, 3.8) is 0 Å². The van der Waals surface area contributed by atoms with Crippen molar-refractivity contribution in [1.82, 2.24) is 10.2 Å². The number of carbonyl (C=O) groups is 1. The highest BCUT2D eigenvalue weighted by Crippen LogP contribution is 2.19. The molecule has 0 spiro atoms. The number of nitrogens with zero attached hydrogens (tertiary/aromatic N) is 1. The number of hydrogen-bond acceptors (Lipinski definition) is 2. The van der Waals surface area contributed by atoms with Gasteiger partial charge in [0.2, 0.25) is 0 Å². The highest BCUT2D eigenvalue weighted by atomic mass is 16.3. The number of urea groups is 1. The lowest BCUT2D eigenvalue weighted by Gasteiger charge is -2.34. The molecule has 0 aliphatic carbocycles. The van der Waals surface area contributed by atoms with E-state index in [4.69, 9.17) is 0 Å². The number of rotatable bonds is 5. The van der Waals surface area contributed by atoms with Crippen LogP contribution in [0.1, 0.15) is 46.5 Å². The van der Waals surface area contributed by atoms with E-state index in [0.29, 0.717) is 12.5 Å². The Hall–Kier alpha value is -0.770. The Labute approximate surface area is 111 Å². The summed E-state index contributed by atoms with van der Waals surface area (Å²) >= 11 is 0. The summed E-state index contributed by atoms with van der Waals surface area (Å²) in [4.78, 5) is 13.8. The maximum absolute atomic E-state index is 11.9. The zero-order valence-corrected chi connectivity index (χ0v) is 12.0. The Bertz CT molecular complexity index is 254. The van der Waals surface area contributed by atoms with Crippen LogP contribution in [-0.4, -0.2) is 41.8 Å². The number of nitrogens with one attached hydrogen (secondary N) is 1. The van der Waals surface area contributed by atoms with E-state index in [9.17, 15) is 9.90 Å². The molecule has 2 N–H and O–H groups in total. The van der Waals surface area contributed by atoms with Crippen LogP contribution in [0, 0.1) is 11.8 Å². The number of piperidine rings is 1. The molecule has 0 bridgehead atoms. The SMILES string of the molecule is CC(C)CCCNC(=O)N1CCCC(C(C)O)C1. The van der Waals surface area contributed by atoms with Gasteiger partial charge in [0, 0.05) is 25.6 Å². The summed E-state index contributed by atoms with van der Waals surface area (Å²) in [5.74, 6) is 0.927. The molecule has 4 heteroatoms. The fraction of sp³-hybridized carbons (Fsp3) is 0.929. The van der Waals surface area contributed by atoms with Gasteiger partial charge in [0.25, 0.3) is 0 Å². The molecule has 1 rings (SSSR count). The smallest absolute Gasteiger partial charge is 0.317 e. The molecule has 0 aromatic heterocycles. The average molecular weight is 256 g/mol. The second kappa shape index (κ2) is 7.62.